The van der Waals surface area contributed by atoms with Crippen LogP contribution in [0.2, 0.25) is 0 Å². The van der Waals surface area contributed by atoms with E-state index in [1.165, 1.54) is 51.4 Å². The Morgan fingerprint density at radius 1 is 1.06 bits per heavy atom. The van der Waals surface area contributed by atoms with Gasteiger partial charge in [0.2, 0.25) is 0 Å². The summed E-state index contributed by atoms with van der Waals surface area (Å²) in [5.41, 5.74) is 0.471. The van der Waals surface area contributed by atoms with Crippen molar-refractivity contribution in [3.8, 4) is 0 Å². The van der Waals surface area contributed by atoms with E-state index in [9.17, 15) is 0 Å². The molecule has 18 heavy (non-hydrogen) atoms. The van der Waals surface area contributed by atoms with Gasteiger partial charge in [-0.1, -0.05) is 47.0 Å². The molecule has 0 aromatic rings. The predicted molar refractivity (Wildman–Crippen MR) is 79.8 cm³/mol. The van der Waals surface area contributed by atoms with Gasteiger partial charge >= 0.3 is 0 Å². The molecule has 1 nitrogen and oxygen atoms in total. The molecule has 0 aliphatic heterocycles. The Labute approximate surface area is 114 Å². The highest BCUT2D eigenvalue weighted by molar-refractivity contribution is 4.93. The molecule has 106 valence electrons. The summed E-state index contributed by atoms with van der Waals surface area (Å²) in [6.07, 6.45) is 11.4. The van der Waals surface area contributed by atoms with Crippen LogP contribution < -0.4 is 5.32 Å². The highest BCUT2D eigenvalue weighted by Gasteiger charge is 2.38. The number of hydrogen-bond donors (Lipinski definition) is 1. The van der Waals surface area contributed by atoms with E-state index in [1.54, 1.807) is 0 Å². The second-order valence-electron chi connectivity index (χ2n) is 7.76. The second-order valence-corrected chi connectivity index (χ2v) is 7.76. The molecule has 2 rings (SSSR count). The molecule has 2 saturated carbocycles. The van der Waals surface area contributed by atoms with Gasteiger partial charge in [-0.2, -0.15) is 0 Å². The van der Waals surface area contributed by atoms with Crippen LogP contribution in [0.5, 0.6) is 0 Å². The Hall–Kier alpha value is -0.0400. The molecule has 0 saturated heterocycles. The van der Waals surface area contributed by atoms with E-state index in [4.69, 9.17) is 0 Å². The van der Waals surface area contributed by atoms with Gasteiger partial charge in [-0.25, -0.2) is 0 Å². The molecule has 2 aliphatic rings. The van der Waals surface area contributed by atoms with Crippen molar-refractivity contribution >= 4 is 0 Å². The van der Waals surface area contributed by atoms with E-state index in [0.29, 0.717) is 5.41 Å². The molecule has 0 aromatic carbocycles. The van der Waals surface area contributed by atoms with Gasteiger partial charge in [-0.3, -0.25) is 0 Å². The van der Waals surface area contributed by atoms with Crippen molar-refractivity contribution < 1.29 is 0 Å². The lowest BCUT2D eigenvalue weighted by atomic mass is 9.69. The van der Waals surface area contributed by atoms with Gasteiger partial charge in [0.05, 0.1) is 0 Å². The van der Waals surface area contributed by atoms with E-state index in [-0.39, 0.29) is 0 Å². The maximum Gasteiger partial charge on any atom is 0.0103 e. The number of nitrogens with one attached hydrogen (secondary N) is 1. The first kappa shape index (κ1) is 14.4. The molecule has 0 amide bonds. The molecular weight excluding hydrogens is 218 g/mol. The van der Waals surface area contributed by atoms with Crippen LogP contribution >= 0.6 is 0 Å². The van der Waals surface area contributed by atoms with Crippen molar-refractivity contribution in [3.05, 3.63) is 0 Å². The Balaban J connectivity index is 1.95. The van der Waals surface area contributed by atoms with Gasteiger partial charge in [0.15, 0.2) is 0 Å². The molecule has 2 aliphatic carbocycles. The van der Waals surface area contributed by atoms with E-state index < -0.39 is 0 Å². The fraction of sp³-hybridized carbons (Fsp3) is 1.00. The first-order valence-corrected chi connectivity index (χ1v) is 8.28. The van der Waals surface area contributed by atoms with Gasteiger partial charge < -0.3 is 5.32 Å². The Morgan fingerprint density at radius 3 is 2.28 bits per heavy atom. The summed E-state index contributed by atoms with van der Waals surface area (Å²) < 4.78 is 0. The van der Waals surface area contributed by atoms with E-state index >= 15 is 0 Å². The largest absolute Gasteiger partial charge is 0.311 e. The summed E-state index contributed by atoms with van der Waals surface area (Å²) in [5, 5.41) is 4.08. The average molecular weight is 251 g/mol. The van der Waals surface area contributed by atoms with Crippen LogP contribution in [0.1, 0.15) is 79.1 Å². The molecule has 2 fully saturated rings. The molecule has 3 atom stereocenters. The van der Waals surface area contributed by atoms with Crippen LogP contribution in [0, 0.1) is 17.3 Å². The van der Waals surface area contributed by atoms with Crippen molar-refractivity contribution in [3.63, 3.8) is 0 Å². The fourth-order valence-corrected chi connectivity index (χ4v) is 3.91. The number of hydrogen-bond acceptors (Lipinski definition) is 1. The van der Waals surface area contributed by atoms with Crippen LogP contribution in [0.15, 0.2) is 0 Å². The summed E-state index contributed by atoms with van der Waals surface area (Å²) in [6, 6.07) is 1.61. The van der Waals surface area contributed by atoms with Gasteiger partial charge in [0.25, 0.3) is 0 Å². The van der Waals surface area contributed by atoms with Crippen molar-refractivity contribution in [2.24, 2.45) is 17.3 Å². The van der Waals surface area contributed by atoms with E-state index in [1.807, 2.05) is 0 Å². The van der Waals surface area contributed by atoms with Crippen LogP contribution in [-0.4, -0.2) is 12.1 Å². The Kier molecular flexibility index (Phi) is 4.75. The lowest BCUT2D eigenvalue weighted by Gasteiger charge is -2.42. The molecule has 0 spiro atoms. The Morgan fingerprint density at radius 2 is 1.72 bits per heavy atom. The lowest BCUT2D eigenvalue weighted by Crippen LogP contribution is -2.49. The third-order valence-electron chi connectivity index (χ3n) is 5.10. The number of rotatable bonds is 5. The lowest BCUT2D eigenvalue weighted by molar-refractivity contribution is 0.119. The average Bonchev–Trinajstić information content (AvgIpc) is 3.11. The quantitative estimate of drug-likeness (QED) is 0.743. The monoisotopic (exact) mass is 251 g/mol. The predicted octanol–water partition coefficient (Wildman–Crippen LogP) is 4.76. The van der Waals surface area contributed by atoms with Gasteiger partial charge in [0.1, 0.15) is 0 Å². The zero-order chi connectivity index (χ0) is 13.2. The van der Waals surface area contributed by atoms with Crippen LogP contribution in [-0.2, 0) is 0 Å². The van der Waals surface area contributed by atoms with E-state index in [2.05, 4.69) is 33.0 Å². The van der Waals surface area contributed by atoms with Crippen LogP contribution in [0.25, 0.3) is 0 Å². The molecule has 3 unspecified atom stereocenters. The van der Waals surface area contributed by atoms with Crippen molar-refractivity contribution in [1.29, 1.82) is 0 Å². The van der Waals surface area contributed by atoms with Gasteiger partial charge in [0, 0.05) is 12.1 Å². The van der Waals surface area contributed by atoms with Gasteiger partial charge in [-0.05, 0) is 49.4 Å². The first-order chi connectivity index (χ1) is 8.52. The van der Waals surface area contributed by atoms with Crippen molar-refractivity contribution in [2.45, 2.75) is 91.1 Å². The zero-order valence-electron chi connectivity index (χ0n) is 13.0. The molecule has 0 bridgehead atoms. The standard InChI is InChI=1S/C17H33N/c1-5-8-15(13-11-12-13)18-16-10-7-6-9-14(16)17(2,3)4/h13-16,18H,5-12H2,1-4H3. The maximum absolute atomic E-state index is 4.08. The molecule has 0 radical (unpaired) electrons. The minimum atomic E-state index is 0.471. The van der Waals surface area contributed by atoms with Crippen molar-refractivity contribution in [2.75, 3.05) is 0 Å². The zero-order valence-corrected chi connectivity index (χ0v) is 13.0. The van der Waals surface area contributed by atoms with Crippen molar-refractivity contribution in [1.82, 2.24) is 5.32 Å². The molecule has 0 heterocycles. The highest BCUT2D eigenvalue weighted by Crippen LogP contribution is 2.40. The molecule has 1 heteroatoms. The fourth-order valence-electron chi connectivity index (χ4n) is 3.91. The van der Waals surface area contributed by atoms with Crippen LogP contribution in [0.4, 0.5) is 0 Å². The second kappa shape index (κ2) is 5.94. The third kappa shape index (κ3) is 3.73. The van der Waals surface area contributed by atoms with E-state index in [0.717, 1.165) is 23.9 Å². The topological polar surface area (TPSA) is 12.0 Å². The minimum absolute atomic E-state index is 0.471. The maximum atomic E-state index is 4.08. The molecule has 1 N–H and O–H groups in total. The summed E-state index contributed by atoms with van der Waals surface area (Å²) in [7, 11) is 0. The first-order valence-electron chi connectivity index (χ1n) is 8.28. The molecule has 0 aromatic heterocycles. The molecular formula is C17H33N. The van der Waals surface area contributed by atoms with Gasteiger partial charge in [-0.15, -0.1) is 0 Å². The summed E-state index contributed by atoms with van der Waals surface area (Å²) in [6.45, 7) is 9.63. The summed E-state index contributed by atoms with van der Waals surface area (Å²) in [5.74, 6) is 1.89. The summed E-state index contributed by atoms with van der Waals surface area (Å²) >= 11 is 0. The minimum Gasteiger partial charge on any atom is -0.311 e. The summed E-state index contributed by atoms with van der Waals surface area (Å²) in [4.78, 5) is 0. The van der Waals surface area contributed by atoms with Crippen LogP contribution in [0.3, 0.4) is 0 Å². The SMILES string of the molecule is CCCC(NC1CCCCC1C(C)(C)C)C1CC1. The highest BCUT2D eigenvalue weighted by atomic mass is 15.0. The normalized spacial score (nSPS) is 31.3. The smallest absolute Gasteiger partial charge is 0.0103 e. The third-order valence-corrected chi connectivity index (χ3v) is 5.10. The Bertz CT molecular complexity index is 249.